The van der Waals surface area contributed by atoms with Crippen molar-refractivity contribution < 1.29 is 4.79 Å². The molecular formula is C7H8N4OS. The van der Waals surface area contributed by atoms with Crippen molar-refractivity contribution in [3.63, 3.8) is 0 Å². The van der Waals surface area contributed by atoms with Crippen molar-refractivity contribution in [1.29, 1.82) is 0 Å². The third-order valence-electron chi connectivity index (χ3n) is 1.71. The number of nitrogens with zero attached hydrogens (tertiary/aromatic N) is 3. The number of fused-ring (bicyclic) bond motifs is 1. The average molecular weight is 196 g/mol. The molecule has 0 bridgehead atoms. The van der Waals surface area contributed by atoms with Crippen LogP contribution in [0.1, 0.15) is 6.92 Å². The largest absolute Gasteiger partial charge is 0.312 e. The van der Waals surface area contributed by atoms with Crippen LogP contribution in [0.15, 0.2) is 15.0 Å². The molecule has 1 N–H and O–H groups in total. The van der Waals surface area contributed by atoms with Crippen LogP contribution in [0.4, 0.5) is 0 Å². The first kappa shape index (κ1) is 8.43. The SMILES string of the molecule is CSC1=NC2C(=O)NC(C)=NC2=N1. The second-order valence-electron chi connectivity index (χ2n) is 2.67. The summed E-state index contributed by atoms with van der Waals surface area (Å²) in [5.74, 6) is 0.943. The number of thioether (sulfide) groups is 1. The quantitative estimate of drug-likeness (QED) is 0.594. The number of carbonyl (C=O) groups is 1. The summed E-state index contributed by atoms with van der Waals surface area (Å²) in [5, 5.41) is 3.23. The van der Waals surface area contributed by atoms with E-state index < -0.39 is 6.04 Å². The Morgan fingerprint density at radius 3 is 2.92 bits per heavy atom. The zero-order chi connectivity index (χ0) is 9.42. The Bertz CT molecular complexity index is 358. The van der Waals surface area contributed by atoms with Gasteiger partial charge >= 0.3 is 0 Å². The highest BCUT2D eigenvalue weighted by Gasteiger charge is 2.32. The summed E-state index contributed by atoms with van der Waals surface area (Å²) in [6.07, 6.45) is 1.87. The highest BCUT2D eigenvalue weighted by atomic mass is 32.2. The van der Waals surface area contributed by atoms with Crippen LogP contribution in [0, 0.1) is 0 Å². The van der Waals surface area contributed by atoms with E-state index in [1.165, 1.54) is 11.8 Å². The molecule has 1 unspecified atom stereocenters. The average Bonchev–Trinajstić information content (AvgIpc) is 2.47. The maximum absolute atomic E-state index is 11.4. The van der Waals surface area contributed by atoms with Gasteiger partial charge < -0.3 is 5.32 Å². The fraction of sp³-hybridized carbons (Fsp3) is 0.429. The molecule has 0 saturated carbocycles. The molecule has 2 aliphatic heterocycles. The standard InChI is InChI=1S/C7H8N4OS/c1-3-8-5-4(6(12)9-3)10-7(11-5)13-2/h4H,1-2H3,(H,8,9,10,11,12). The maximum atomic E-state index is 11.4. The third-order valence-corrected chi connectivity index (χ3v) is 2.27. The molecule has 2 heterocycles. The van der Waals surface area contributed by atoms with Crippen LogP contribution >= 0.6 is 11.8 Å². The number of hydrogen-bond donors (Lipinski definition) is 1. The second kappa shape index (κ2) is 2.95. The highest BCUT2D eigenvalue weighted by molar-refractivity contribution is 8.13. The predicted molar refractivity (Wildman–Crippen MR) is 53.4 cm³/mol. The van der Waals surface area contributed by atoms with E-state index in [1.54, 1.807) is 6.92 Å². The van der Waals surface area contributed by atoms with Crippen LogP contribution < -0.4 is 5.32 Å². The molecule has 1 amide bonds. The zero-order valence-electron chi connectivity index (χ0n) is 7.24. The number of rotatable bonds is 0. The number of hydrogen-bond acceptors (Lipinski definition) is 5. The van der Waals surface area contributed by atoms with Crippen molar-refractivity contribution in [2.75, 3.05) is 6.26 Å². The molecule has 0 spiro atoms. The van der Waals surface area contributed by atoms with E-state index in [0.717, 1.165) is 0 Å². The van der Waals surface area contributed by atoms with Gasteiger partial charge in [-0.05, 0) is 13.2 Å². The first-order valence-electron chi connectivity index (χ1n) is 3.77. The number of aliphatic imine (C=N–C) groups is 3. The molecule has 0 radical (unpaired) electrons. The minimum absolute atomic E-state index is 0.143. The van der Waals surface area contributed by atoms with Gasteiger partial charge in [0.1, 0.15) is 5.84 Å². The lowest BCUT2D eigenvalue weighted by Gasteiger charge is -2.14. The molecule has 0 aromatic carbocycles. The van der Waals surface area contributed by atoms with Crippen LogP contribution in [0.25, 0.3) is 0 Å². The monoisotopic (exact) mass is 196 g/mol. The number of amidine groups is 3. The minimum Gasteiger partial charge on any atom is -0.312 e. The smallest absolute Gasteiger partial charge is 0.258 e. The van der Waals surface area contributed by atoms with E-state index in [4.69, 9.17) is 0 Å². The summed E-state index contributed by atoms with van der Waals surface area (Å²) in [5.41, 5.74) is 0. The van der Waals surface area contributed by atoms with Gasteiger partial charge in [0.15, 0.2) is 17.0 Å². The summed E-state index contributed by atoms with van der Waals surface area (Å²) in [6, 6.07) is -0.522. The fourth-order valence-electron chi connectivity index (χ4n) is 1.16. The highest BCUT2D eigenvalue weighted by Crippen LogP contribution is 2.15. The van der Waals surface area contributed by atoms with Crippen molar-refractivity contribution >= 4 is 34.5 Å². The Hall–Kier alpha value is -1.17. The summed E-state index contributed by atoms with van der Waals surface area (Å²) >= 11 is 1.41. The van der Waals surface area contributed by atoms with Gasteiger partial charge in [0.25, 0.3) is 5.91 Å². The van der Waals surface area contributed by atoms with Crippen molar-refractivity contribution in [2.45, 2.75) is 13.0 Å². The fourth-order valence-corrected chi connectivity index (χ4v) is 1.56. The van der Waals surface area contributed by atoms with Crippen LogP contribution in [-0.2, 0) is 4.79 Å². The first-order valence-corrected chi connectivity index (χ1v) is 4.99. The molecule has 0 fully saturated rings. The molecule has 2 aliphatic rings. The summed E-state index contributed by atoms with van der Waals surface area (Å²) in [6.45, 7) is 1.73. The lowest BCUT2D eigenvalue weighted by Crippen LogP contribution is -2.44. The molecule has 13 heavy (non-hydrogen) atoms. The molecule has 0 saturated heterocycles. The van der Waals surface area contributed by atoms with Crippen LogP contribution in [0.3, 0.4) is 0 Å². The molecule has 0 aromatic heterocycles. The van der Waals surface area contributed by atoms with Crippen LogP contribution in [0.2, 0.25) is 0 Å². The summed E-state index contributed by atoms with van der Waals surface area (Å²) in [4.78, 5) is 23.7. The van der Waals surface area contributed by atoms with E-state index >= 15 is 0 Å². The van der Waals surface area contributed by atoms with Crippen molar-refractivity contribution in [3.05, 3.63) is 0 Å². The number of amides is 1. The molecular weight excluding hydrogens is 188 g/mol. The Labute approximate surface area is 79.4 Å². The van der Waals surface area contributed by atoms with Gasteiger partial charge in [0.05, 0.1) is 0 Å². The zero-order valence-corrected chi connectivity index (χ0v) is 8.05. The Morgan fingerprint density at radius 2 is 2.23 bits per heavy atom. The van der Waals surface area contributed by atoms with Crippen LogP contribution in [-0.4, -0.2) is 35.0 Å². The molecule has 6 heteroatoms. The number of carbonyl (C=O) groups excluding carboxylic acids is 1. The van der Waals surface area contributed by atoms with Crippen LogP contribution in [0.5, 0.6) is 0 Å². The first-order chi connectivity index (χ1) is 6.20. The van der Waals surface area contributed by atoms with E-state index in [-0.39, 0.29) is 5.91 Å². The number of nitrogens with one attached hydrogen (secondary N) is 1. The van der Waals surface area contributed by atoms with Crippen molar-refractivity contribution in [3.8, 4) is 0 Å². The predicted octanol–water partition coefficient (Wildman–Crippen LogP) is 0.0343. The van der Waals surface area contributed by atoms with Gasteiger partial charge in [-0.15, -0.1) is 0 Å². The van der Waals surface area contributed by atoms with E-state index in [9.17, 15) is 4.79 Å². The Kier molecular flexibility index (Phi) is 1.91. The molecule has 0 aliphatic carbocycles. The Morgan fingerprint density at radius 1 is 1.46 bits per heavy atom. The lowest BCUT2D eigenvalue weighted by molar-refractivity contribution is -0.119. The van der Waals surface area contributed by atoms with E-state index in [0.29, 0.717) is 16.8 Å². The summed E-state index contributed by atoms with van der Waals surface area (Å²) < 4.78 is 0. The molecule has 68 valence electrons. The maximum Gasteiger partial charge on any atom is 0.258 e. The van der Waals surface area contributed by atoms with Crippen molar-refractivity contribution in [1.82, 2.24) is 5.32 Å². The van der Waals surface area contributed by atoms with E-state index in [2.05, 4.69) is 20.3 Å². The van der Waals surface area contributed by atoms with Gasteiger partial charge in [-0.3, -0.25) is 4.79 Å². The summed E-state index contributed by atoms with van der Waals surface area (Å²) in [7, 11) is 0. The Balaban J connectivity index is 2.37. The molecule has 1 atom stereocenters. The molecule has 5 nitrogen and oxygen atoms in total. The second-order valence-corrected chi connectivity index (χ2v) is 3.45. The topological polar surface area (TPSA) is 66.2 Å². The molecule has 2 rings (SSSR count). The van der Waals surface area contributed by atoms with Gasteiger partial charge in [0.2, 0.25) is 0 Å². The van der Waals surface area contributed by atoms with E-state index in [1.807, 2.05) is 6.26 Å². The molecule has 0 aromatic rings. The lowest BCUT2D eigenvalue weighted by atomic mass is 10.2. The van der Waals surface area contributed by atoms with Gasteiger partial charge in [-0.2, -0.15) is 0 Å². The minimum atomic E-state index is -0.522. The van der Waals surface area contributed by atoms with Gasteiger partial charge in [-0.1, -0.05) is 11.8 Å². The van der Waals surface area contributed by atoms with Crippen molar-refractivity contribution in [2.24, 2.45) is 15.0 Å². The normalized spacial score (nSPS) is 25.8. The van der Waals surface area contributed by atoms with Gasteiger partial charge in [0, 0.05) is 0 Å². The third kappa shape index (κ3) is 1.37. The van der Waals surface area contributed by atoms with Gasteiger partial charge in [-0.25, -0.2) is 15.0 Å².